The quantitative estimate of drug-likeness (QED) is 0.645. The Balaban J connectivity index is 2.54. The number of hydrogen-bond acceptors (Lipinski definition) is 1. The van der Waals surface area contributed by atoms with E-state index in [4.69, 9.17) is 12.6 Å². The third kappa shape index (κ3) is 3.19. The van der Waals surface area contributed by atoms with Crippen LogP contribution in [0.5, 0.6) is 0 Å². The summed E-state index contributed by atoms with van der Waals surface area (Å²) in [5.41, 5.74) is 0. The highest BCUT2D eigenvalue weighted by molar-refractivity contribution is 7.81. The lowest BCUT2D eigenvalue weighted by atomic mass is 9.73. The molecule has 0 aromatic rings. The number of rotatable bonds is 3. The minimum absolute atomic E-state index is 0.219. The van der Waals surface area contributed by atoms with Crippen LogP contribution >= 0.6 is 12.6 Å². The Kier molecular flexibility index (Phi) is 4.15. The van der Waals surface area contributed by atoms with E-state index in [1.807, 2.05) is 0 Å². The summed E-state index contributed by atoms with van der Waals surface area (Å²) in [6.07, 6.45) is 8.54. The molecular formula is C12H24S. The molecule has 1 aliphatic carbocycles. The van der Waals surface area contributed by atoms with Crippen LogP contribution in [-0.4, -0.2) is 4.75 Å². The zero-order chi connectivity index (χ0) is 9.90. The monoisotopic (exact) mass is 200 g/mol. The molecule has 0 nitrogen and oxygen atoms in total. The molecule has 13 heavy (non-hydrogen) atoms. The SMILES string of the molecule is CCC(C1CCCCC1)C(C)(C)S. The average molecular weight is 200 g/mol. The predicted octanol–water partition coefficient (Wildman–Crippen LogP) is 4.30. The van der Waals surface area contributed by atoms with Gasteiger partial charge in [-0.3, -0.25) is 0 Å². The van der Waals surface area contributed by atoms with Crippen molar-refractivity contribution in [1.29, 1.82) is 0 Å². The van der Waals surface area contributed by atoms with Crippen LogP contribution in [0.15, 0.2) is 0 Å². The molecule has 0 bridgehead atoms. The fraction of sp³-hybridized carbons (Fsp3) is 1.00. The van der Waals surface area contributed by atoms with Crippen molar-refractivity contribution in [2.45, 2.75) is 64.0 Å². The second kappa shape index (κ2) is 4.72. The summed E-state index contributed by atoms with van der Waals surface area (Å²) in [4.78, 5) is 0. The standard InChI is InChI=1S/C12H24S/c1-4-11(12(2,3)13)10-8-6-5-7-9-10/h10-11,13H,4-9H2,1-3H3. The molecular weight excluding hydrogens is 176 g/mol. The Morgan fingerprint density at radius 1 is 1.23 bits per heavy atom. The van der Waals surface area contributed by atoms with Crippen LogP contribution in [0.1, 0.15) is 59.3 Å². The summed E-state index contributed by atoms with van der Waals surface area (Å²) >= 11 is 4.74. The van der Waals surface area contributed by atoms with Gasteiger partial charge in [0.05, 0.1) is 0 Å². The van der Waals surface area contributed by atoms with Crippen LogP contribution in [0.3, 0.4) is 0 Å². The van der Waals surface area contributed by atoms with Gasteiger partial charge in [0.2, 0.25) is 0 Å². The van der Waals surface area contributed by atoms with Crippen molar-refractivity contribution in [3.05, 3.63) is 0 Å². The highest BCUT2D eigenvalue weighted by Gasteiger charge is 2.31. The highest BCUT2D eigenvalue weighted by Crippen LogP contribution is 2.40. The van der Waals surface area contributed by atoms with E-state index in [2.05, 4.69) is 20.8 Å². The molecule has 0 aromatic carbocycles. The molecule has 0 amide bonds. The van der Waals surface area contributed by atoms with Crippen LogP contribution in [0.4, 0.5) is 0 Å². The Hall–Kier alpha value is 0.350. The molecule has 1 saturated carbocycles. The molecule has 0 saturated heterocycles. The highest BCUT2D eigenvalue weighted by atomic mass is 32.1. The van der Waals surface area contributed by atoms with Gasteiger partial charge in [0.25, 0.3) is 0 Å². The molecule has 1 heteroatoms. The van der Waals surface area contributed by atoms with Crippen molar-refractivity contribution in [1.82, 2.24) is 0 Å². The molecule has 78 valence electrons. The maximum absolute atomic E-state index is 4.74. The van der Waals surface area contributed by atoms with Crippen LogP contribution in [0.2, 0.25) is 0 Å². The maximum Gasteiger partial charge on any atom is 0.0104 e. The summed E-state index contributed by atoms with van der Waals surface area (Å²) < 4.78 is 0.219. The summed E-state index contributed by atoms with van der Waals surface area (Å²) in [6, 6.07) is 0. The van der Waals surface area contributed by atoms with Gasteiger partial charge in [0, 0.05) is 4.75 Å². The minimum atomic E-state index is 0.219. The molecule has 1 rings (SSSR count). The smallest absolute Gasteiger partial charge is 0.0104 e. The van der Waals surface area contributed by atoms with Crippen molar-refractivity contribution in [2.75, 3.05) is 0 Å². The molecule has 0 heterocycles. The Bertz CT molecular complexity index is 140. The van der Waals surface area contributed by atoms with E-state index in [-0.39, 0.29) is 4.75 Å². The average Bonchev–Trinajstić information content (AvgIpc) is 2.05. The van der Waals surface area contributed by atoms with Gasteiger partial charge in [-0.2, -0.15) is 12.6 Å². The lowest BCUT2D eigenvalue weighted by Gasteiger charge is -2.38. The maximum atomic E-state index is 4.74. The zero-order valence-electron chi connectivity index (χ0n) is 9.34. The molecule has 1 fully saturated rings. The molecule has 0 radical (unpaired) electrons. The third-order valence-electron chi connectivity index (χ3n) is 3.57. The second-order valence-corrected chi connectivity index (χ2v) is 6.22. The van der Waals surface area contributed by atoms with Gasteiger partial charge in [0.1, 0.15) is 0 Å². The van der Waals surface area contributed by atoms with Crippen LogP contribution in [0.25, 0.3) is 0 Å². The third-order valence-corrected chi connectivity index (χ3v) is 3.90. The molecule has 1 atom stereocenters. The van der Waals surface area contributed by atoms with E-state index in [1.165, 1.54) is 38.5 Å². The van der Waals surface area contributed by atoms with E-state index < -0.39 is 0 Å². The lowest BCUT2D eigenvalue weighted by molar-refractivity contribution is 0.208. The molecule has 0 N–H and O–H groups in total. The Morgan fingerprint density at radius 2 is 1.77 bits per heavy atom. The van der Waals surface area contributed by atoms with E-state index in [9.17, 15) is 0 Å². The molecule has 1 unspecified atom stereocenters. The summed E-state index contributed by atoms with van der Waals surface area (Å²) in [5, 5.41) is 0. The first kappa shape index (κ1) is 11.4. The van der Waals surface area contributed by atoms with Crippen molar-refractivity contribution in [2.24, 2.45) is 11.8 Å². The van der Waals surface area contributed by atoms with E-state index >= 15 is 0 Å². The van der Waals surface area contributed by atoms with Gasteiger partial charge in [-0.15, -0.1) is 0 Å². The summed E-state index contributed by atoms with van der Waals surface area (Å²) in [5.74, 6) is 1.77. The predicted molar refractivity (Wildman–Crippen MR) is 63.4 cm³/mol. The number of thiol groups is 1. The fourth-order valence-corrected chi connectivity index (χ4v) is 3.34. The van der Waals surface area contributed by atoms with Crippen molar-refractivity contribution < 1.29 is 0 Å². The lowest BCUT2D eigenvalue weighted by Crippen LogP contribution is -2.32. The van der Waals surface area contributed by atoms with Crippen LogP contribution in [0, 0.1) is 11.8 Å². The molecule has 0 aromatic heterocycles. The van der Waals surface area contributed by atoms with Gasteiger partial charge >= 0.3 is 0 Å². The van der Waals surface area contributed by atoms with Gasteiger partial charge in [-0.05, 0) is 11.8 Å². The zero-order valence-corrected chi connectivity index (χ0v) is 10.2. The van der Waals surface area contributed by atoms with Crippen LogP contribution < -0.4 is 0 Å². The first-order valence-corrected chi connectivity index (χ1v) is 6.22. The first-order valence-electron chi connectivity index (χ1n) is 5.78. The minimum Gasteiger partial charge on any atom is -0.173 e. The normalized spacial score (nSPS) is 23.1. The van der Waals surface area contributed by atoms with E-state index in [0.717, 1.165) is 11.8 Å². The first-order chi connectivity index (χ1) is 6.05. The topological polar surface area (TPSA) is 0 Å². The van der Waals surface area contributed by atoms with E-state index in [0.29, 0.717) is 0 Å². The van der Waals surface area contributed by atoms with Gasteiger partial charge in [-0.1, -0.05) is 59.3 Å². The Morgan fingerprint density at radius 3 is 2.15 bits per heavy atom. The van der Waals surface area contributed by atoms with Crippen molar-refractivity contribution in [3.63, 3.8) is 0 Å². The van der Waals surface area contributed by atoms with E-state index in [1.54, 1.807) is 0 Å². The molecule has 0 spiro atoms. The largest absolute Gasteiger partial charge is 0.173 e. The fourth-order valence-electron chi connectivity index (χ4n) is 2.95. The second-order valence-electron chi connectivity index (χ2n) is 5.07. The summed E-state index contributed by atoms with van der Waals surface area (Å²) in [7, 11) is 0. The van der Waals surface area contributed by atoms with Crippen molar-refractivity contribution >= 4 is 12.6 Å². The van der Waals surface area contributed by atoms with Crippen molar-refractivity contribution in [3.8, 4) is 0 Å². The number of hydrogen-bond donors (Lipinski definition) is 1. The molecule has 1 aliphatic rings. The van der Waals surface area contributed by atoms with Crippen LogP contribution in [-0.2, 0) is 0 Å². The van der Waals surface area contributed by atoms with Gasteiger partial charge < -0.3 is 0 Å². The molecule has 0 aliphatic heterocycles. The summed E-state index contributed by atoms with van der Waals surface area (Å²) in [6.45, 7) is 6.87. The van der Waals surface area contributed by atoms with Gasteiger partial charge in [-0.25, -0.2) is 0 Å². The Labute approximate surface area is 88.9 Å². The van der Waals surface area contributed by atoms with Gasteiger partial charge in [0.15, 0.2) is 0 Å².